The molecule has 0 radical (unpaired) electrons. The van der Waals surface area contributed by atoms with Gasteiger partial charge in [-0.3, -0.25) is 4.79 Å². The Morgan fingerprint density at radius 2 is 1.66 bits per heavy atom. The van der Waals surface area contributed by atoms with Gasteiger partial charge in [0, 0.05) is 19.2 Å². The van der Waals surface area contributed by atoms with E-state index in [4.69, 9.17) is 14.2 Å². The summed E-state index contributed by atoms with van der Waals surface area (Å²) in [6.45, 7) is 4.70. The summed E-state index contributed by atoms with van der Waals surface area (Å²) >= 11 is 0. The summed E-state index contributed by atoms with van der Waals surface area (Å²) in [5.74, 6) is 1.68. The normalized spacial score (nSPS) is 15.7. The van der Waals surface area contributed by atoms with Crippen LogP contribution in [0, 0.1) is 5.92 Å². The van der Waals surface area contributed by atoms with E-state index in [2.05, 4.69) is 0 Å². The van der Waals surface area contributed by atoms with Crippen LogP contribution in [0.2, 0.25) is 0 Å². The number of rotatable bonds is 8. The predicted octanol–water partition coefficient (Wildman–Crippen LogP) is 2.79. The van der Waals surface area contributed by atoms with Gasteiger partial charge in [0.2, 0.25) is 11.7 Å². The third kappa shape index (κ3) is 5.88. The van der Waals surface area contributed by atoms with Gasteiger partial charge in [-0.25, -0.2) is 8.42 Å². The predicted molar refractivity (Wildman–Crippen MR) is 113 cm³/mol. The maximum absolute atomic E-state index is 12.5. The molecule has 1 heterocycles. The van der Waals surface area contributed by atoms with Gasteiger partial charge in [-0.2, -0.15) is 0 Å². The minimum absolute atomic E-state index is 0.112. The number of methoxy groups -OCH3 is 3. The van der Waals surface area contributed by atoms with Crippen LogP contribution in [0.4, 0.5) is 0 Å². The summed E-state index contributed by atoms with van der Waals surface area (Å²) in [5.41, 5.74) is 0.738. The molecule has 8 heteroatoms. The maximum atomic E-state index is 12.5. The zero-order chi connectivity index (χ0) is 21.6. The molecule has 0 saturated carbocycles. The molecule has 1 aromatic rings. The summed E-state index contributed by atoms with van der Waals surface area (Å²) in [5, 5.41) is -0.354. The molecule has 0 aromatic heterocycles. The maximum Gasteiger partial charge on any atom is 0.246 e. The summed E-state index contributed by atoms with van der Waals surface area (Å²) in [6.07, 6.45) is 4.15. The van der Waals surface area contributed by atoms with Crippen molar-refractivity contribution in [3.63, 3.8) is 0 Å². The number of likely N-dealkylation sites (tertiary alicyclic amines) is 1. The zero-order valence-electron chi connectivity index (χ0n) is 17.8. The second kappa shape index (κ2) is 10.0. The lowest BCUT2D eigenvalue weighted by Gasteiger charge is -2.31. The van der Waals surface area contributed by atoms with E-state index in [1.165, 1.54) is 27.4 Å². The van der Waals surface area contributed by atoms with Crippen molar-refractivity contribution in [3.05, 3.63) is 23.8 Å². The second-order valence-corrected chi connectivity index (χ2v) is 9.87. The Hall–Kier alpha value is -2.22. The Balaban J connectivity index is 2.04. The third-order valence-electron chi connectivity index (χ3n) is 4.93. The number of carbonyl (C=O) groups is 1. The fourth-order valence-corrected chi connectivity index (χ4v) is 5.64. The first-order chi connectivity index (χ1) is 13.7. The standard InChI is InChI=1S/C21H31NO6S/c1-15(2)14-29(24,25)17-8-10-22(11-9-17)20(23)7-6-16-12-18(26-3)21(28-5)19(13-16)27-4/h6-7,12-13,15,17H,8-11,14H2,1-5H3. The molecule has 2 rings (SSSR count). The highest BCUT2D eigenvalue weighted by Crippen LogP contribution is 2.38. The SMILES string of the molecule is COc1cc(C=CC(=O)N2CCC(S(=O)(=O)CC(C)C)CC2)cc(OC)c1OC. The van der Waals surface area contributed by atoms with Crippen molar-refractivity contribution >= 4 is 21.8 Å². The van der Waals surface area contributed by atoms with Crippen molar-refractivity contribution in [2.24, 2.45) is 5.92 Å². The van der Waals surface area contributed by atoms with E-state index in [9.17, 15) is 13.2 Å². The molecule has 0 N–H and O–H groups in total. The number of hydrogen-bond acceptors (Lipinski definition) is 6. The van der Waals surface area contributed by atoms with Crippen LogP contribution in [-0.4, -0.2) is 64.6 Å². The van der Waals surface area contributed by atoms with Crippen molar-refractivity contribution < 1.29 is 27.4 Å². The molecule has 0 atom stereocenters. The van der Waals surface area contributed by atoms with Gasteiger partial charge >= 0.3 is 0 Å². The summed E-state index contributed by atoms with van der Waals surface area (Å²) in [6, 6.07) is 3.52. The minimum Gasteiger partial charge on any atom is -0.493 e. The average Bonchev–Trinajstić information content (AvgIpc) is 2.70. The molecular formula is C21H31NO6S. The Morgan fingerprint density at radius 1 is 1.10 bits per heavy atom. The first-order valence-electron chi connectivity index (χ1n) is 9.70. The summed E-state index contributed by atoms with van der Waals surface area (Å²) in [7, 11) is 1.50. The molecule has 1 aliphatic rings. The summed E-state index contributed by atoms with van der Waals surface area (Å²) in [4.78, 5) is 14.2. The van der Waals surface area contributed by atoms with Crippen LogP contribution in [0.1, 0.15) is 32.3 Å². The van der Waals surface area contributed by atoms with Gasteiger partial charge in [-0.1, -0.05) is 13.8 Å². The number of ether oxygens (including phenoxy) is 3. The van der Waals surface area contributed by atoms with Crippen molar-refractivity contribution in [1.29, 1.82) is 0 Å². The Kier molecular flexibility index (Phi) is 7.96. The van der Waals surface area contributed by atoms with Crippen LogP contribution in [0.25, 0.3) is 6.08 Å². The third-order valence-corrected chi connectivity index (χ3v) is 7.55. The number of benzene rings is 1. The molecule has 1 saturated heterocycles. The molecule has 0 spiro atoms. The second-order valence-electron chi connectivity index (χ2n) is 7.54. The van der Waals surface area contributed by atoms with Gasteiger partial charge in [0.25, 0.3) is 0 Å². The van der Waals surface area contributed by atoms with Crippen LogP contribution in [0.15, 0.2) is 18.2 Å². The minimum atomic E-state index is -3.10. The van der Waals surface area contributed by atoms with E-state index in [1.54, 1.807) is 23.1 Å². The van der Waals surface area contributed by atoms with Gasteiger partial charge < -0.3 is 19.1 Å². The van der Waals surface area contributed by atoms with Crippen LogP contribution in [-0.2, 0) is 14.6 Å². The van der Waals surface area contributed by atoms with Crippen molar-refractivity contribution in [2.45, 2.75) is 31.9 Å². The molecule has 0 unspecified atom stereocenters. The number of piperidine rings is 1. The smallest absolute Gasteiger partial charge is 0.246 e. The molecule has 162 valence electrons. The lowest BCUT2D eigenvalue weighted by atomic mass is 10.1. The average molecular weight is 426 g/mol. The van der Waals surface area contributed by atoms with E-state index >= 15 is 0 Å². The Bertz CT molecular complexity index is 814. The molecule has 1 aromatic carbocycles. The molecular weight excluding hydrogens is 394 g/mol. The van der Waals surface area contributed by atoms with E-state index in [1.807, 2.05) is 13.8 Å². The van der Waals surface area contributed by atoms with Gasteiger partial charge in [-0.15, -0.1) is 0 Å². The van der Waals surface area contributed by atoms with Crippen molar-refractivity contribution in [2.75, 3.05) is 40.2 Å². The topological polar surface area (TPSA) is 82.1 Å². The fourth-order valence-electron chi connectivity index (χ4n) is 3.51. The molecule has 1 aliphatic heterocycles. The molecule has 0 aliphatic carbocycles. The summed E-state index contributed by atoms with van der Waals surface area (Å²) < 4.78 is 40.8. The van der Waals surface area contributed by atoms with Crippen LogP contribution in [0.3, 0.4) is 0 Å². The van der Waals surface area contributed by atoms with Crippen molar-refractivity contribution in [3.8, 4) is 17.2 Å². The fraction of sp³-hybridized carbons (Fsp3) is 0.571. The number of sulfone groups is 1. The number of nitrogens with zero attached hydrogens (tertiary/aromatic N) is 1. The number of hydrogen-bond donors (Lipinski definition) is 0. The quantitative estimate of drug-likeness (QED) is 0.596. The van der Waals surface area contributed by atoms with E-state index in [-0.39, 0.29) is 22.8 Å². The van der Waals surface area contributed by atoms with Crippen molar-refractivity contribution in [1.82, 2.24) is 4.90 Å². The van der Waals surface area contributed by atoms with Gasteiger partial charge in [0.05, 0.1) is 32.3 Å². The molecule has 0 bridgehead atoms. The van der Waals surface area contributed by atoms with Gasteiger partial charge in [0.15, 0.2) is 21.3 Å². The highest BCUT2D eigenvalue weighted by molar-refractivity contribution is 7.92. The van der Waals surface area contributed by atoms with Crippen LogP contribution < -0.4 is 14.2 Å². The Labute approximate surface area is 173 Å². The zero-order valence-corrected chi connectivity index (χ0v) is 18.6. The van der Waals surface area contributed by atoms with Crippen LogP contribution in [0.5, 0.6) is 17.2 Å². The highest BCUT2D eigenvalue weighted by Gasteiger charge is 2.31. The number of amides is 1. The monoisotopic (exact) mass is 425 g/mol. The lowest BCUT2D eigenvalue weighted by Crippen LogP contribution is -2.42. The molecule has 29 heavy (non-hydrogen) atoms. The molecule has 1 amide bonds. The number of carbonyl (C=O) groups excluding carboxylic acids is 1. The van der Waals surface area contributed by atoms with E-state index < -0.39 is 9.84 Å². The lowest BCUT2D eigenvalue weighted by molar-refractivity contribution is -0.126. The molecule has 1 fully saturated rings. The largest absolute Gasteiger partial charge is 0.493 e. The first-order valence-corrected chi connectivity index (χ1v) is 11.4. The first kappa shape index (κ1) is 23.1. The van der Waals surface area contributed by atoms with E-state index in [0.29, 0.717) is 43.2 Å². The molecule has 7 nitrogen and oxygen atoms in total. The van der Waals surface area contributed by atoms with Gasteiger partial charge in [0.1, 0.15) is 0 Å². The Morgan fingerprint density at radius 3 is 2.10 bits per heavy atom. The van der Waals surface area contributed by atoms with Crippen LogP contribution >= 0.6 is 0 Å². The van der Waals surface area contributed by atoms with Gasteiger partial charge in [-0.05, 0) is 42.5 Å². The highest BCUT2D eigenvalue weighted by atomic mass is 32.2. The van der Waals surface area contributed by atoms with E-state index in [0.717, 1.165) is 5.56 Å².